The van der Waals surface area contributed by atoms with Gasteiger partial charge in [0.05, 0.1) is 35.9 Å². The van der Waals surface area contributed by atoms with Crippen molar-refractivity contribution in [2.75, 3.05) is 61.9 Å². The lowest BCUT2D eigenvalue weighted by Gasteiger charge is -2.34. The van der Waals surface area contributed by atoms with Crippen molar-refractivity contribution in [1.82, 2.24) is 14.3 Å². The molecule has 3 aromatic rings. The summed E-state index contributed by atoms with van der Waals surface area (Å²) in [5.41, 5.74) is 6.53. The first-order chi connectivity index (χ1) is 15.2. The molecule has 1 saturated heterocycles. The molecule has 4 heterocycles. The van der Waals surface area contributed by atoms with Crippen LogP contribution in [0.3, 0.4) is 0 Å². The maximum absolute atomic E-state index is 10.3. The molecule has 164 valence electrons. The number of pyridine rings is 1. The molecular formula is C24H32N6O. The zero-order valence-corrected chi connectivity index (χ0v) is 18.5. The van der Waals surface area contributed by atoms with E-state index < -0.39 is 0 Å². The third-order valence-corrected chi connectivity index (χ3v) is 6.63. The fourth-order valence-corrected chi connectivity index (χ4v) is 4.87. The highest BCUT2D eigenvalue weighted by atomic mass is 16.3. The van der Waals surface area contributed by atoms with Crippen molar-refractivity contribution in [3.63, 3.8) is 0 Å². The highest BCUT2D eigenvalue weighted by molar-refractivity contribution is 5.74. The molecule has 1 aromatic carbocycles. The maximum Gasteiger partial charge on any atom is 0.139 e. The van der Waals surface area contributed by atoms with Crippen LogP contribution in [0.4, 0.5) is 17.2 Å². The molecule has 0 atom stereocenters. The van der Waals surface area contributed by atoms with Gasteiger partial charge < -0.3 is 25.1 Å². The van der Waals surface area contributed by atoms with Gasteiger partial charge in [0.1, 0.15) is 11.5 Å². The molecule has 1 fully saturated rings. The second kappa shape index (κ2) is 8.40. The van der Waals surface area contributed by atoms with Crippen molar-refractivity contribution >= 4 is 22.8 Å². The Morgan fingerprint density at radius 3 is 2.71 bits per heavy atom. The highest BCUT2D eigenvalue weighted by Crippen LogP contribution is 2.33. The van der Waals surface area contributed by atoms with Gasteiger partial charge in [-0.1, -0.05) is 18.2 Å². The smallest absolute Gasteiger partial charge is 0.139 e. The van der Waals surface area contributed by atoms with Gasteiger partial charge in [0.25, 0.3) is 0 Å². The Bertz CT molecular complexity index is 1070. The van der Waals surface area contributed by atoms with E-state index in [2.05, 4.69) is 68.8 Å². The summed E-state index contributed by atoms with van der Waals surface area (Å²) in [5.74, 6) is 1.12. The van der Waals surface area contributed by atoms with Crippen molar-refractivity contribution in [2.24, 2.45) is 0 Å². The third kappa shape index (κ3) is 3.72. The molecule has 0 saturated carbocycles. The molecule has 7 nitrogen and oxygen atoms in total. The first-order valence-electron chi connectivity index (χ1n) is 11.3. The van der Waals surface area contributed by atoms with Crippen LogP contribution >= 0.6 is 0 Å². The van der Waals surface area contributed by atoms with Crippen molar-refractivity contribution in [3.05, 3.63) is 53.3 Å². The van der Waals surface area contributed by atoms with Gasteiger partial charge in [-0.05, 0) is 43.7 Å². The Kier molecular flexibility index (Phi) is 5.46. The van der Waals surface area contributed by atoms with Gasteiger partial charge in [0, 0.05) is 39.8 Å². The van der Waals surface area contributed by atoms with Crippen LogP contribution in [-0.2, 0) is 19.6 Å². The number of rotatable bonds is 5. The first-order valence-corrected chi connectivity index (χ1v) is 11.3. The number of benzene rings is 1. The van der Waals surface area contributed by atoms with Crippen LogP contribution in [0.15, 0.2) is 36.4 Å². The molecule has 2 aromatic heterocycles. The molecular weight excluding hydrogens is 388 g/mol. The Hall–Kier alpha value is -2.77. The quantitative estimate of drug-likeness (QED) is 0.662. The molecule has 0 unspecified atom stereocenters. The normalized spacial score (nSPS) is 16.9. The predicted octanol–water partition coefficient (Wildman–Crippen LogP) is 2.57. The number of likely N-dealkylation sites (N-methyl/N-ethyl adjacent to an activating group) is 1. The van der Waals surface area contributed by atoms with E-state index in [1.54, 1.807) is 0 Å². The minimum absolute atomic E-state index is 0.0275. The van der Waals surface area contributed by atoms with Gasteiger partial charge in [-0.15, -0.1) is 0 Å². The largest absolute Gasteiger partial charge is 0.390 e. The number of aromatic nitrogens is 2. The summed E-state index contributed by atoms with van der Waals surface area (Å²) < 4.78 is 2.15. The second-order valence-corrected chi connectivity index (χ2v) is 8.73. The van der Waals surface area contributed by atoms with Gasteiger partial charge in [-0.2, -0.15) is 0 Å². The number of hydrogen-bond donors (Lipinski definition) is 2. The molecule has 0 radical (unpaired) electrons. The molecule has 31 heavy (non-hydrogen) atoms. The lowest BCUT2D eigenvalue weighted by atomic mass is 10.0. The Morgan fingerprint density at radius 2 is 1.90 bits per heavy atom. The molecule has 5 rings (SSSR count). The Labute approximate surface area is 183 Å². The summed E-state index contributed by atoms with van der Waals surface area (Å²) in [7, 11) is 4.28. The molecule has 0 aliphatic carbocycles. The van der Waals surface area contributed by atoms with Gasteiger partial charge in [-0.25, -0.2) is 4.98 Å². The van der Waals surface area contributed by atoms with Gasteiger partial charge in [0.15, 0.2) is 0 Å². The van der Waals surface area contributed by atoms with E-state index in [-0.39, 0.29) is 6.61 Å². The fraction of sp³-hybridized carbons (Fsp3) is 0.458. The van der Waals surface area contributed by atoms with Gasteiger partial charge in [-0.3, -0.25) is 4.40 Å². The zero-order valence-electron chi connectivity index (χ0n) is 18.5. The monoisotopic (exact) mass is 420 g/mol. The first kappa shape index (κ1) is 20.2. The van der Waals surface area contributed by atoms with E-state index in [0.29, 0.717) is 6.54 Å². The fourth-order valence-electron chi connectivity index (χ4n) is 4.87. The molecule has 0 bridgehead atoms. The Balaban J connectivity index is 1.49. The van der Waals surface area contributed by atoms with Gasteiger partial charge >= 0.3 is 0 Å². The number of fused-ring (bicyclic) bond motifs is 2. The number of aryl methyl sites for hydroxylation is 1. The van der Waals surface area contributed by atoms with Crippen molar-refractivity contribution in [2.45, 2.75) is 26.0 Å². The van der Waals surface area contributed by atoms with E-state index in [0.717, 1.165) is 62.0 Å². The third-order valence-electron chi connectivity index (χ3n) is 6.63. The standard InChI is InChI=1S/C24H32N6O/c1-27-12-14-29(15-13-27)23-10-4-9-22-26-19(21(17-31)30(22)23)16-28(2)20-8-3-6-18-7-5-11-25-24(18)20/h3-4,6,8-10,25,31H,5,7,11-17H2,1-2H3. The van der Waals surface area contributed by atoms with Crippen LogP contribution in [-0.4, -0.2) is 66.2 Å². The number of nitrogens with zero attached hydrogens (tertiary/aromatic N) is 5. The molecule has 2 aliphatic heterocycles. The van der Waals surface area contributed by atoms with Crippen LogP contribution in [0.25, 0.3) is 5.65 Å². The lowest BCUT2D eigenvalue weighted by molar-refractivity contribution is 0.274. The minimum Gasteiger partial charge on any atom is -0.390 e. The highest BCUT2D eigenvalue weighted by Gasteiger charge is 2.22. The number of aliphatic hydroxyl groups excluding tert-OH is 1. The predicted molar refractivity (Wildman–Crippen MR) is 126 cm³/mol. The van der Waals surface area contributed by atoms with Crippen LogP contribution in [0.2, 0.25) is 0 Å². The lowest BCUT2D eigenvalue weighted by Crippen LogP contribution is -2.45. The molecule has 2 aliphatic rings. The van der Waals surface area contributed by atoms with E-state index in [9.17, 15) is 5.11 Å². The minimum atomic E-state index is -0.0275. The van der Waals surface area contributed by atoms with Crippen LogP contribution < -0.4 is 15.1 Å². The van der Waals surface area contributed by atoms with Crippen molar-refractivity contribution in [1.29, 1.82) is 0 Å². The maximum atomic E-state index is 10.3. The van der Waals surface area contributed by atoms with Crippen LogP contribution in [0, 0.1) is 0 Å². The number of para-hydroxylation sites is 1. The average molecular weight is 421 g/mol. The zero-order chi connectivity index (χ0) is 21.4. The average Bonchev–Trinajstić information content (AvgIpc) is 3.16. The summed E-state index contributed by atoms with van der Waals surface area (Å²) in [6.07, 6.45) is 2.30. The molecule has 0 spiro atoms. The number of nitrogens with one attached hydrogen (secondary N) is 1. The summed E-state index contributed by atoms with van der Waals surface area (Å²) in [6, 6.07) is 12.8. The van der Waals surface area contributed by atoms with Crippen LogP contribution in [0.5, 0.6) is 0 Å². The molecule has 7 heteroatoms. The molecule has 2 N–H and O–H groups in total. The summed E-state index contributed by atoms with van der Waals surface area (Å²) >= 11 is 0. The van der Waals surface area contributed by atoms with Crippen LogP contribution in [0.1, 0.15) is 23.4 Å². The summed E-state index contributed by atoms with van der Waals surface area (Å²) in [6.45, 7) is 5.69. The SMILES string of the molecule is CN1CCN(c2cccc3nc(CN(C)c4cccc5c4NCCC5)c(CO)n23)CC1. The van der Waals surface area contributed by atoms with E-state index in [1.165, 1.54) is 23.4 Å². The number of piperazine rings is 1. The number of hydrogen-bond acceptors (Lipinski definition) is 6. The van der Waals surface area contributed by atoms with Crippen molar-refractivity contribution in [3.8, 4) is 0 Å². The van der Waals surface area contributed by atoms with E-state index >= 15 is 0 Å². The van der Waals surface area contributed by atoms with E-state index in [1.807, 2.05) is 6.07 Å². The summed E-state index contributed by atoms with van der Waals surface area (Å²) in [5, 5.41) is 13.9. The number of anilines is 3. The number of aliphatic hydroxyl groups is 1. The Morgan fingerprint density at radius 1 is 1.10 bits per heavy atom. The molecule has 0 amide bonds. The summed E-state index contributed by atoms with van der Waals surface area (Å²) in [4.78, 5) is 11.9. The second-order valence-electron chi connectivity index (χ2n) is 8.73. The van der Waals surface area contributed by atoms with E-state index in [4.69, 9.17) is 4.98 Å². The van der Waals surface area contributed by atoms with Gasteiger partial charge in [0.2, 0.25) is 0 Å². The topological polar surface area (TPSA) is 59.3 Å². The number of imidazole rings is 1. The van der Waals surface area contributed by atoms with Crippen molar-refractivity contribution < 1.29 is 5.11 Å².